The molecule has 0 bridgehead atoms. The van der Waals surface area contributed by atoms with Crippen LogP contribution in [-0.4, -0.2) is 0 Å². The quantitative estimate of drug-likeness (QED) is 0.173. The fourth-order valence-electron chi connectivity index (χ4n) is 7.08. The van der Waals surface area contributed by atoms with E-state index >= 15 is 0 Å². The van der Waals surface area contributed by atoms with Gasteiger partial charge in [-0.05, 0) is 122 Å². The maximum atomic E-state index is 6.34. The predicted octanol–water partition coefficient (Wildman–Crippen LogP) is 12.6. The molecule has 45 heavy (non-hydrogen) atoms. The van der Waals surface area contributed by atoms with Gasteiger partial charge in [-0.1, -0.05) is 136 Å². The van der Waals surface area contributed by atoms with Crippen molar-refractivity contribution in [3.05, 3.63) is 177 Å². The molecule has 6 aromatic carbocycles. The lowest BCUT2D eigenvalue weighted by molar-refractivity contribution is 0.642. The highest BCUT2D eigenvalue weighted by molar-refractivity contribution is 6.31. The van der Waals surface area contributed by atoms with Crippen molar-refractivity contribution in [3.8, 4) is 33.4 Å². The molecule has 0 aliphatic heterocycles. The Balaban J connectivity index is 1.47. The van der Waals surface area contributed by atoms with Crippen molar-refractivity contribution in [2.75, 3.05) is 0 Å². The van der Waals surface area contributed by atoms with Gasteiger partial charge in [-0.15, -0.1) is 0 Å². The standard InChI is InChI=1S/C43H36Cl2/c1-42(2,32-11-7-5-8-12-32)40-26-36-30(24-38(40)28-15-19-34(44)20-16-28)23-31-25-39(29-17-21-35(45)22-18-29)41(27-37(31)36)43(3,4)33-13-9-6-10-14-33/h5-22,24-27H,23H2,1-4H3. The van der Waals surface area contributed by atoms with Crippen molar-refractivity contribution < 1.29 is 0 Å². The second-order valence-corrected chi connectivity index (χ2v) is 14.2. The fourth-order valence-corrected chi connectivity index (χ4v) is 7.33. The van der Waals surface area contributed by atoms with Crippen LogP contribution in [0.1, 0.15) is 61.1 Å². The smallest absolute Gasteiger partial charge is 0.0406 e. The third-order valence-corrected chi connectivity index (χ3v) is 10.3. The molecule has 0 saturated carbocycles. The molecule has 0 radical (unpaired) electrons. The Kier molecular flexibility index (Phi) is 7.47. The first-order valence-corrected chi connectivity index (χ1v) is 16.4. The van der Waals surface area contributed by atoms with Crippen molar-refractivity contribution in [2.24, 2.45) is 0 Å². The highest BCUT2D eigenvalue weighted by Gasteiger charge is 2.33. The molecule has 0 spiro atoms. The van der Waals surface area contributed by atoms with E-state index in [1.807, 2.05) is 24.3 Å². The Labute approximate surface area is 277 Å². The summed E-state index contributed by atoms with van der Waals surface area (Å²) < 4.78 is 0. The number of halogens is 2. The van der Waals surface area contributed by atoms with Gasteiger partial charge < -0.3 is 0 Å². The van der Waals surface area contributed by atoms with E-state index in [4.69, 9.17) is 23.2 Å². The van der Waals surface area contributed by atoms with Gasteiger partial charge in [0.25, 0.3) is 0 Å². The molecular formula is C43H36Cl2. The summed E-state index contributed by atoms with van der Waals surface area (Å²) in [6, 6.07) is 48.1. The van der Waals surface area contributed by atoms with Gasteiger partial charge >= 0.3 is 0 Å². The summed E-state index contributed by atoms with van der Waals surface area (Å²) >= 11 is 12.7. The van der Waals surface area contributed by atoms with Gasteiger partial charge in [0.05, 0.1) is 0 Å². The molecule has 0 aromatic heterocycles. The van der Waals surface area contributed by atoms with Crippen LogP contribution in [-0.2, 0) is 17.3 Å². The van der Waals surface area contributed by atoms with Gasteiger partial charge in [0, 0.05) is 20.9 Å². The highest BCUT2D eigenvalue weighted by atomic mass is 35.5. The predicted molar refractivity (Wildman–Crippen MR) is 193 cm³/mol. The number of fused-ring (bicyclic) bond motifs is 3. The van der Waals surface area contributed by atoms with E-state index in [9.17, 15) is 0 Å². The van der Waals surface area contributed by atoms with Crippen molar-refractivity contribution in [2.45, 2.75) is 44.9 Å². The number of benzene rings is 6. The van der Waals surface area contributed by atoms with Crippen LogP contribution in [0.4, 0.5) is 0 Å². The molecule has 0 saturated heterocycles. The van der Waals surface area contributed by atoms with Gasteiger partial charge in [0.2, 0.25) is 0 Å². The Morgan fingerprint density at radius 3 is 1.13 bits per heavy atom. The van der Waals surface area contributed by atoms with E-state index in [2.05, 4.69) is 137 Å². The zero-order chi connectivity index (χ0) is 31.3. The normalized spacial score (nSPS) is 12.6. The molecule has 0 N–H and O–H groups in total. The van der Waals surface area contributed by atoms with Crippen LogP contribution in [0, 0.1) is 0 Å². The Bertz CT molecular complexity index is 1850. The molecule has 222 valence electrons. The summed E-state index contributed by atoms with van der Waals surface area (Å²) in [7, 11) is 0. The number of hydrogen-bond acceptors (Lipinski definition) is 0. The van der Waals surface area contributed by atoms with E-state index in [1.165, 1.54) is 66.8 Å². The molecular weight excluding hydrogens is 587 g/mol. The summed E-state index contributed by atoms with van der Waals surface area (Å²) in [5.41, 5.74) is 15.0. The first-order valence-electron chi connectivity index (χ1n) is 15.6. The van der Waals surface area contributed by atoms with Gasteiger partial charge in [-0.25, -0.2) is 0 Å². The van der Waals surface area contributed by atoms with E-state index < -0.39 is 0 Å². The topological polar surface area (TPSA) is 0 Å². The van der Waals surface area contributed by atoms with Gasteiger partial charge in [-0.2, -0.15) is 0 Å². The molecule has 6 aromatic rings. The number of rotatable bonds is 6. The second-order valence-electron chi connectivity index (χ2n) is 13.3. The molecule has 7 rings (SSSR count). The minimum atomic E-state index is -0.219. The van der Waals surface area contributed by atoms with Crippen molar-refractivity contribution in [3.63, 3.8) is 0 Å². The van der Waals surface area contributed by atoms with Gasteiger partial charge in [0.15, 0.2) is 0 Å². The maximum absolute atomic E-state index is 6.34. The average Bonchev–Trinajstić information content (AvgIpc) is 3.42. The summed E-state index contributed by atoms with van der Waals surface area (Å²) in [5.74, 6) is 0. The Hall–Kier alpha value is -4.10. The minimum Gasteiger partial charge on any atom is -0.0843 e. The summed E-state index contributed by atoms with van der Waals surface area (Å²) in [5, 5.41) is 1.50. The van der Waals surface area contributed by atoms with Crippen molar-refractivity contribution >= 4 is 23.2 Å². The lowest BCUT2D eigenvalue weighted by Gasteiger charge is -2.31. The first-order chi connectivity index (χ1) is 21.6. The third-order valence-electron chi connectivity index (χ3n) is 9.81. The molecule has 1 aliphatic carbocycles. The summed E-state index contributed by atoms with van der Waals surface area (Å²) in [6.07, 6.45) is 0.893. The van der Waals surface area contributed by atoms with Gasteiger partial charge in [0.1, 0.15) is 0 Å². The van der Waals surface area contributed by atoms with Crippen molar-refractivity contribution in [1.29, 1.82) is 0 Å². The largest absolute Gasteiger partial charge is 0.0843 e. The lowest BCUT2D eigenvalue weighted by atomic mass is 9.73. The fraction of sp³-hybridized carbons (Fsp3) is 0.163. The third kappa shape index (κ3) is 5.31. The van der Waals surface area contributed by atoms with Crippen LogP contribution in [0.25, 0.3) is 33.4 Å². The van der Waals surface area contributed by atoms with Crippen LogP contribution >= 0.6 is 23.2 Å². The van der Waals surface area contributed by atoms with Crippen LogP contribution < -0.4 is 0 Å². The number of hydrogen-bond donors (Lipinski definition) is 0. The molecule has 0 nitrogen and oxygen atoms in total. The Morgan fingerprint density at radius 2 is 0.778 bits per heavy atom. The second kappa shape index (κ2) is 11.4. The van der Waals surface area contributed by atoms with E-state index in [1.54, 1.807) is 0 Å². The summed E-state index contributed by atoms with van der Waals surface area (Å²) in [6.45, 7) is 9.36. The monoisotopic (exact) mass is 622 g/mol. The van der Waals surface area contributed by atoms with Crippen LogP contribution in [0.3, 0.4) is 0 Å². The summed E-state index contributed by atoms with van der Waals surface area (Å²) in [4.78, 5) is 0. The lowest BCUT2D eigenvalue weighted by Crippen LogP contribution is -2.21. The zero-order valence-electron chi connectivity index (χ0n) is 26.2. The van der Waals surface area contributed by atoms with Crippen LogP contribution in [0.15, 0.2) is 133 Å². The highest BCUT2D eigenvalue weighted by Crippen LogP contribution is 2.49. The molecule has 0 atom stereocenters. The van der Waals surface area contributed by atoms with Crippen molar-refractivity contribution in [1.82, 2.24) is 0 Å². The van der Waals surface area contributed by atoms with E-state index in [0.717, 1.165) is 16.5 Å². The Morgan fingerprint density at radius 1 is 0.422 bits per heavy atom. The molecule has 0 fully saturated rings. The zero-order valence-corrected chi connectivity index (χ0v) is 27.7. The maximum Gasteiger partial charge on any atom is 0.0406 e. The average molecular weight is 624 g/mol. The van der Waals surface area contributed by atoms with Crippen LogP contribution in [0.2, 0.25) is 10.0 Å². The van der Waals surface area contributed by atoms with E-state index in [-0.39, 0.29) is 10.8 Å². The molecule has 0 unspecified atom stereocenters. The van der Waals surface area contributed by atoms with Crippen LogP contribution in [0.5, 0.6) is 0 Å². The molecule has 0 amide bonds. The molecule has 2 heteroatoms. The van der Waals surface area contributed by atoms with Gasteiger partial charge in [-0.3, -0.25) is 0 Å². The SMILES string of the molecule is CC(C)(c1ccccc1)c1cc2c(cc1-c1ccc(Cl)cc1)Cc1cc(-c3ccc(Cl)cc3)c(C(C)(C)c3ccccc3)cc1-2. The first kappa shape index (κ1) is 29.6. The molecule has 0 heterocycles. The minimum absolute atomic E-state index is 0.219. The van der Waals surface area contributed by atoms with E-state index in [0.29, 0.717) is 0 Å². The molecule has 1 aliphatic rings.